The lowest BCUT2D eigenvalue weighted by Crippen LogP contribution is -2.54. The molecule has 4 fully saturated rings. The van der Waals surface area contributed by atoms with E-state index in [1.165, 1.54) is 19.3 Å². The molecule has 4 aliphatic carbocycles. The van der Waals surface area contributed by atoms with Gasteiger partial charge in [0.15, 0.2) is 0 Å². The lowest BCUT2D eigenvalue weighted by Gasteiger charge is -2.62. The van der Waals surface area contributed by atoms with Gasteiger partial charge in [-0.3, -0.25) is 0 Å². The van der Waals surface area contributed by atoms with Crippen molar-refractivity contribution in [3.05, 3.63) is 0 Å². The van der Waals surface area contributed by atoms with Gasteiger partial charge in [-0.2, -0.15) is 0 Å². The Kier molecular flexibility index (Phi) is 2.03. The highest BCUT2D eigenvalue weighted by molar-refractivity contribution is 5.07. The van der Waals surface area contributed by atoms with Gasteiger partial charge in [0.25, 0.3) is 0 Å². The van der Waals surface area contributed by atoms with Crippen LogP contribution in [0.25, 0.3) is 0 Å². The molecule has 0 unspecified atom stereocenters. The summed E-state index contributed by atoms with van der Waals surface area (Å²) in [6, 6.07) is 0. The third-order valence-corrected chi connectivity index (χ3v) is 5.98. The monoisotopic (exact) mass is 207 g/mol. The SMILES string of the molecule is CC(C)(CN)C12CC3CC(CC(C3)C1)C2. The van der Waals surface area contributed by atoms with E-state index in [0.29, 0.717) is 10.8 Å². The van der Waals surface area contributed by atoms with Crippen LogP contribution in [0.2, 0.25) is 0 Å². The van der Waals surface area contributed by atoms with Crippen LogP contribution in [0.1, 0.15) is 52.4 Å². The maximum atomic E-state index is 6.03. The van der Waals surface area contributed by atoms with Gasteiger partial charge in [0.2, 0.25) is 0 Å². The maximum absolute atomic E-state index is 6.03. The van der Waals surface area contributed by atoms with Crippen molar-refractivity contribution in [1.82, 2.24) is 0 Å². The van der Waals surface area contributed by atoms with Crippen LogP contribution in [0.5, 0.6) is 0 Å². The number of nitrogens with two attached hydrogens (primary N) is 1. The van der Waals surface area contributed by atoms with Gasteiger partial charge < -0.3 is 5.73 Å². The molecule has 4 aliphatic rings. The van der Waals surface area contributed by atoms with Gasteiger partial charge in [-0.25, -0.2) is 0 Å². The summed E-state index contributed by atoms with van der Waals surface area (Å²) in [7, 11) is 0. The van der Waals surface area contributed by atoms with Crippen molar-refractivity contribution in [2.24, 2.45) is 34.3 Å². The molecule has 15 heavy (non-hydrogen) atoms. The van der Waals surface area contributed by atoms with E-state index in [9.17, 15) is 0 Å². The molecule has 0 aromatic heterocycles. The minimum atomic E-state index is 0.378. The molecule has 2 N–H and O–H groups in total. The first-order valence-electron chi connectivity index (χ1n) is 6.75. The fourth-order valence-electron chi connectivity index (χ4n) is 5.16. The largest absolute Gasteiger partial charge is 0.330 e. The molecule has 86 valence electrons. The maximum Gasteiger partial charge on any atom is -0.00205 e. The summed E-state index contributed by atoms with van der Waals surface area (Å²) in [6.45, 7) is 5.71. The second-order valence-electron chi connectivity index (χ2n) is 7.29. The molecular formula is C14H25N. The van der Waals surface area contributed by atoms with E-state index in [-0.39, 0.29) is 0 Å². The van der Waals surface area contributed by atoms with E-state index >= 15 is 0 Å². The molecule has 0 aromatic carbocycles. The van der Waals surface area contributed by atoms with Crippen molar-refractivity contribution >= 4 is 0 Å². The first-order valence-corrected chi connectivity index (χ1v) is 6.75. The van der Waals surface area contributed by atoms with Gasteiger partial charge >= 0.3 is 0 Å². The van der Waals surface area contributed by atoms with E-state index in [1.54, 1.807) is 19.3 Å². The lowest BCUT2D eigenvalue weighted by atomic mass is 9.43. The minimum Gasteiger partial charge on any atom is -0.330 e. The summed E-state index contributed by atoms with van der Waals surface area (Å²) < 4.78 is 0. The number of rotatable bonds is 2. The van der Waals surface area contributed by atoms with Crippen molar-refractivity contribution < 1.29 is 0 Å². The molecule has 4 saturated carbocycles. The molecule has 0 atom stereocenters. The Hall–Kier alpha value is -0.0400. The van der Waals surface area contributed by atoms with Crippen LogP contribution in [-0.4, -0.2) is 6.54 Å². The highest BCUT2D eigenvalue weighted by Crippen LogP contribution is 2.65. The first kappa shape index (κ1) is 10.1. The molecule has 0 aromatic rings. The smallest absolute Gasteiger partial charge is 0.00205 e. The van der Waals surface area contributed by atoms with Crippen LogP contribution < -0.4 is 5.73 Å². The van der Waals surface area contributed by atoms with Gasteiger partial charge in [0.1, 0.15) is 0 Å². The zero-order valence-corrected chi connectivity index (χ0v) is 10.3. The lowest BCUT2D eigenvalue weighted by molar-refractivity contribution is -0.116. The highest BCUT2D eigenvalue weighted by Gasteiger charge is 2.56. The van der Waals surface area contributed by atoms with Crippen molar-refractivity contribution in [2.45, 2.75) is 52.4 Å². The topological polar surface area (TPSA) is 26.0 Å². The fraction of sp³-hybridized carbons (Fsp3) is 1.00. The molecule has 1 heteroatoms. The second kappa shape index (κ2) is 3.00. The molecule has 0 amide bonds. The summed E-state index contributed by atoms with van der Waals surface area (Å²) >= 11 is 0. The van der Waals surface area contributed by atoms with E-state index in [0.717, 1.165) is 24.3 Å². The normalized spacial score (nSPS) is 48.6. The standard InChI is InChI=1S/C14H25N/c1-13(2,9-15)14-6-10-3-11(7-14)5-12(4-10)8-14/h10-12H,3-9,15H2,1-2H3. The third kappa shape index (κ3) is 1.32. The van der Waals surface area contributed by atoms with Gasteiger partial charge in [-0.1, -0.05) is 13.8 Å². The quantitative estimate of drug-likeness (QED) is 0.739. The third-order valence-electron chi connectivity index (χ3n) is 5.98. The Morgan fingerprint density at radius 2 is 1.40 bits per heavy atom. The zero-order chi connectivity index (χ0) is 10.7. The molecule has 4 bridgehead atoms. The van der Waals surface area contributed by atoms with Crippen LogP contribution in [0, 0.1) is 28.6 Å². The van der Waals surface area contributed by atoms with Crippen LogP contribution in [0.15, 0.2) is 0 Å². The fourth-order valence-corrected chi connectivity index (χ4v) is 5.16. The molecule has 1 nitrogen and oxygen atoms in total. The van der Waals surface area contributed by atoms with Crippen LogP contribution in [0.3, 0.4) is 0 Å². The summed E-state index contributed by atoms with van der Waals surface area (Å²) in [4.78, 5) is 0. The average Bonchev–Trinajstić information content (AvgIpc) is 2.15. The summed E-state index contributed by atoms with van der Waals surface area (Å²) in [5.41, 5.74) is 7.03. The van der Waals surface area contributed by atoms with Gasteiger partial charge in [0, 0.05) is 0 Å². The van der Waals surface area contributed by atoms with Gasteiger partial charge in [0.05, 0.1) is 0 Å². The number of hydrogen-bond donors (Lipinski definition) is 1. The molecule has 4 rings (SSSR count). The Morgan fingerprint density at radius 3 is 1.73 bits per heavy atom. The van der Waals surface area contributed by atoms with Crippen LogP contribution in [0.4, 0.5) is 0 Å². The van der Waals surface area contributed by atoms with Crippen LogP contribution >= 0.6 is 0 Å². The number of hydrogen-bond acceptors (Lipinski definition) is 1. The summed E-state index contributed by atoms with van der Waals surface area (Å²) in [6.07, 6.45) is 9.09. The Balaban J connectivity index is 1.93. The van der Waals surface area contributed by atoms with Crippen molar-refractivity contribution in [2.75, 3.05) is 6.54 Å². The predicted octanol–water partition coefficient (Wildman–Crippen LogP) is 3.19. The zero-order valence-electron chi connectivity index (χ0n) is 10.3. The van der Waals surface area contributed by atoms with E-state index in [4.69, 9.17) is 5.73 Å². The Bertz CT molecular complexity index is 231. The molecule has 0 heterocycles. The first-order chi connectivity index (χ1) is 7.05. The predicted molar refractivity (Wildman–Crippen MR) is 63.4 cm³/mol. The van der Waals surface area contributed by atoms with Crippen molar-refractivity contribution in [3.8, 4) is 0 Å². The molecule has 0 radical (unpaired) electrons. The van der Waals surface area contributed by atoms with Crippen LogP contribution in [-0.2, 0) is 0 Å². The van der Waals surface area contributed by atoms with E-state index in [2.05, 4.69) is 13.8 Å². The summed E-state index contributed by atoms with van der Waals surface area (Å²) in [5, 5.41) is 0. The molecule has 0 spiro atoms. The van der Waals surface area contributed by atoms with Crippen molar-refractivity contribution in [1.29, 1.82) is 0 Å². The molecule has 0 saturated heterocycles. The highest BCUT2D eigenvalue weighted by atomic mass is 14.7. The van der Waals surface area contributed by atoms with Crippen molar-refractivity contribution in [3.63, 3.8) is 0 Å². The van der Waals surface area contributed by atoms with Gasteiger partial charge in [-0.05, 0) is 73.7 Å². The van der Waals surface area contributed by atoms with E-state index < -0.39 is 0 Å². The van der Waals surface area contributed by atoms with E-state index in [1.807, 2.05) is 0 Å². The molecular weight excluding hydrogens is 182 g/mol. The Morgan fingerprint density at radius 1 is 1.00 bits per heavy atom. The summed E-state index contributed by atoms with van der Waals surface area (Å²) in [5.74, 6) is 3.17. The second-order valence-corrected chi connectivity index (χ2v) is 7.29. The minimum absolute atomic E-state index is 0.378. The molecule has 0 aliphatic heterocycles. The van der Waals surface area contributed by atoms with Gasteiger partial charge in [-0.15, -0.1) is 0 Å². The Labute approximate surface area is 93.8 Å². The average molecular weight is 207 g/mol.